The number of halogens is 3. The van der Waals surface area contributed by atoms with Crippen molar-refractivity contribution in [1.82, 2.24) is 0 Å². The second-order valence-electron chi connectivity index (χ2n) is 5.95. The first-order chi connectivity index (χ1) is 11.8. The highest BCUT2D eigenvalue weighted by molar-refractivity contribution is 6.31. The molecule has 130 valence electrons. The summed E-state index contributed by atoms with van der Waals surface area (Å²) in [5, 5.41) is 3.26. The molecular formula is C18H15ClF2N2O2. The minimum atomic E-state index is -1.03. The molecule has 1 aliphatic heterocycles. The molecule has 1 unspecified atom stereocenters. The average Bonchev–Trinajstić information content (AvgIpc) is 2.95. The summed E-state index contributed by atoms with van der Waals surface area (Å²) < 4.78 is 26.4. The molecule has 0 aliphatic carbocycles. The van der Waals surface area contributed by atoms with Gasteiger partial charge < -0.3 is 10.2 Å². The van der Waals surface area contributed by atoms with Crippen LogP contribution < -0.4 is 10.2 Å². The number of benzene rings is 2. The number of amides is 2. The molecule has 1 saturated heterocycles. The molecule has 1 N–H and O–H groups in total. The number of rotatable bonds is 3. The summed E-state index contributed by atoms with van der Waals surface area (Å²) >= 11 is 5.93. The molecule has 0 saturated carbocycles. The monoisotopic (exact) mass is 364 g/mol. The first-order valence-electron chi connectivity index (χ1n) is 7.67. The second kappa shape index (κ2) is 6.80. The molecule has 25 heavy (non-hydrogen) atoms. The first kappa shape index (κ1) is 17.4. The van der Waals surface area contributed by atoms with E-state index in [1.807, 2.05) is 6.92 Å². The van der Waals surface area contributed by atoms with Crippen LogP contribution in [0.4, 0.5) is 20.2 Å². The highest BCUT2D eigenvalue weighted by Gasteiger charge is 2.35. The van der Waals surface area contributed by atoms with E-state index in [4.69, 9.17) is 11.6 Å². The van der Waals surface area contributed by atoms with Gasteiger partial charge in [-0.15, -0.1) is 0 Å². The van der Waals surface area contributed by atoms with Crippen LogP contribution in [0.25, 0.3) is 0 Å². The van der Waals surface area contributed by atoms with Crippen LogP contribution in [0.3, 0.4) is 0 Å². The number of nitrogens with zero attached hydrogens (tertiary/aromatic N) is 1. The van der Waals surface area contributed by atoms with E-state index in [9.17, 15) is 18.4 Å². The van der Waals surface area contributed by atoms with Crippen LogP contribution in [0.1, 0.15) is 12.0 Å². The Balaban J connectivity index is 1.74. The zero-order valence-corrected chi connectivity index (χ0v) is 14.1. The topological polar surface area (TPSA) is 49.4 Å². The average molecular weight is 365 g/mol. The number of nitrogens with one attached hydrogen (secondary N) is 1. The number of hydrogen-bond donors (Lipinski definition) is 1. The molecule has 2 amide bonds. The van der Waals surface area contributed by atoms with Crippen molar-refractivity contribution in [2.75, 3.05) is 16.8 Å². The molecule has 2 aromatic carbocycles. The molecule has 1 aliphatic rings. The Hall–Kier alpha value is -2.47. The van der Waals surface area contributed by atoms with Crippen LogP contribution in [-0.4, -0.2) is 18.4 Å². The van der Waals surface area contributed by atoms with Gasteiger partial charge in [0.15, 0.2) is 11.6 Å². The van der Waals surface area contributed by atoms with E-state index >= 15 is 0 Å². The molecular weight excluding hydrogens is 350 g/mol. The number of hydrogen-bond acceptors (Lipinski definition) is 2. The molecule has 1 heterocycles. The van der Waals surface area contributed by atoms with E-state index in [1.165, 1.54) is 11.0 Å². The molecule has 0 radical (unpaired) electrons. The standard InChI is InChI=1S/C18H15ClF2N2O2/c1-10-2-3-12(19)7-16(10)22-18(25)11-6-17(24)23(9-11)13-4-5-14(20)15(21)8-13/h2-5,7-8,11H,6,9H2,1H3,(H,22,25). The van der Waals surface area contributed by atoms with Gasteiger partial charge in [-0.2, -0.15) is 0 Å². The maximum Gasteiger partial charge on any atom is 0.229 e. The molecule has 0 spiro atoms. The van der Waals surface area contributed by atoms with Crippen molar-refractivity contribution in [3.05, 3.63) is 58.6 Å². The maximum absolute atomic E-state index is 13.4. The van der Waals surface area contributed by atoms with Gasteiger partial charge in [-0.1, -0.05) is 17.7 Å². The van der Waals surface area contributed by atoms with Crippen LogP contribution in [0.5, 0.6) is 0 Å². The van der Waals surface area contributed by atoms with Crippen LogP contribution in [-0.2, 0) is 9.59 Å². The fourth-order valence-electron chi connectivity index (χ4n) is 2.75. The van der Waals surface area contributed by atoms with Gasteiger partial charge in [-0.05, 0) is 36.8 Å². The zero-order valence-electron chi connectivity index (χ0n) is 13.4. The van der Waals surface area contributed by atoms with E-state index in [0.29, 0.717) is 10.7 Å². The Morgan fingerprint density at radius 1 is 1.20 bits per heavy atom. The first-order valence-corrected chi connectivity index (χ1v) is 8.05. The predicted molar refractivity (Wildman–Crippen MR) is 91.6 cm³/mol. The third-order valence-electron chi connectivity index (χ3n) is 4.17. The van der Waals surface area contributed by atoms with E-state index in [1.54, 1.807) is 18.2 Å². The predicted octanol–water partition coefficient (Wildman–Crippen LogP) is 3.92. The quantitative estimate of drug-likeness (QED) is 0.897. The minimum Gasteiger partial charge on any atom is -0.325 e. The lowest BCUT2D eigenvalue weighted by Gasteiger charge is -2.17. The summed E-state index contributed by atoms with van der Waals surface area (Å²) in [4.78, 5) is 25.9. The largest absolute Gasteiger partial charge is 0.325 e. The zero-order chi connectivity index (χ0) is 18.1. The fraction of sp³-hybridized carbons (Fsp3) is 0.222. The molecule has 7 heteroatoms. The van der Waals surface area contributed by atoms with Crippen molar-refractivity contribution in [2.24, 2.45) is 5.92 Å². The lowest BCUT2D eigenvalue weighted by molar-refractivity contribution is -0.122. The Morgan fingerprint density at radius 2 is 1.96 bits per heavy atom. The minimum absolute atomic E-state index is 0.00441. The number of aryl methyl sites for hydroxylation is 1. The molecule has 4 nitrogen and oxygen atoms in total. The van der Waals surface area contributed by atoms with Gasteiger partial charge in [0.1, 0.15) is 0 Å². The molecule has 1 atom stereocenters. The van der Waals surface area contributed by atoms with Crippen LogP contribution >= 0.6 is 11.6 Å². The summed E-state index contributed by atoms with van der Waals surface area (Å²) in [6, 6.07) is 8.37. The molecule has 0 bridgehead atoms. The SMILES string of the molecule is Cc1ccc(Cl)cc1NC(=O)C1CC(=O)N(c2ccc(F)c(F)c2)C1. The fourth-order valence-corrected chi connectivity index (χ4v) is 2.92. The second-order valence-corrected chi connectivity index (χ2v) is 6.39. The summed E-state index contributed by atoms with van der Waals surface area (Å²) in [5.41, 5.74) is 1.66. The Morgan fingerprint density at radius 3 is 2.68 bits per heavy atom. The van der Waals surface area contributed by atoms with Gasteiger partial charge in [-0.25, -0.2) is 8.78 Å². The maximum atomic E-state index is 13.4. The molecule has 2 aromatic rings. The number of anilines is 2. The smallest absolute Gasteiger partial charge is 0.229 e. The highest BCUT2D eigenvalue weighted by atomic mass is 35.5. The van der Waals surface area contributed by atoms with Crippen LogP contribution in [0.2, 0.25) is 5.02 Å². The molecule has 3 rings (SSSR count). The third kappa shape index (κ3) is 3.64. The summed E-state index contributed by atoms with van der Waals surface area (Å²) in [7, 11) is 0. The Bertz CT molecular complexity index is 857. The van der Waals surface area contributed by atoms with Crippen LogP contribution in [0.15, 0.2) is 36.4 Å². The van der Waals surface area contributed by atoms with E-state index in [0.717, 1.165) is 17.7 Å². The number of carbonyl (C=O) groups excluding carboxylic acids is 2. The van der Waals surface area contributed by atoms with Crippen molar-refractivity contribution in [3.63, 3.8) is 0 Å². The summed E-state index contributed by atoms with van der Waals surface area (Å²) in [6.45, 7) is 1.94. The Kier molecular flexibility index (Phi) is 4.72. The van der Waals surface area contributed by atoms with Gasteiger partial charge >= 0.3 is 0 Å². The van der Waals surface area contributed by atoms with Crippen molar-refractivity contribution >= 4 is 34.8 Å². The van der Waals surface area contributed by atoms with Gasteiger partial charge in [0, 0.05) is 35.4 Å². The van der Waals surface area contributed by atoms with Gasteiger partial charge in [0.05, 0.1) is 5.92 Å². The van der Waals surface area contributed by atoms with Crippen molar-refractivity contribution in [1.29, 1.82) is 0 Å². The normalized spacial score (nSPS) is 17.0. The highest BCUT2D eigenvalue weighted by Crippen LogP contribution is 2.28. The molecule has 1 fully saturated rings. The van der Waals surface area contributed by atoms with Crippen molar-refractivity contribution < 1.29 is 18.4 Å². The lowest BCUT2D eigenvalue weighted by atomic mass is 10.1. The van der Waals surface area contributed by atoms with E-state index in [2.05, 4.69) is 5.32 Å². The van der Waals surface area contributed by atoms with Crippen molar-refractivity contribution in [2.45, 2.75) is 13.3 Å². The van der Waals surface area contributed by atoms with Crippen molar-refractivity contribution in [3.8, 4) is 0 Å². The summed E-state index contributed by atoms with van der Waals surface area (Å²) in [5.74, 6) is -3.23. The lowest BCUT2D eigenvalue weighted by Crippen LogP contribution is -2.28. The van der Waals surface area contributed by atoms with Gasteiger partial charge in [0.25, 0.3) is 0 Å². The van der Waals surface area contributed by atoms with E-state index < -0.39 is 17.6 Å². The van der Waals surface area contributed by atoms with E-state index in [-0.39, 0.29) is 30.5 Å². The Labute approximate surface area is 148 Å². The number of carbonyl (C=O) groups is 2. The van der Waals surface area contributed by atoms with Crippen LogP contribution in [0, 0.1) is 24.5 Å². The third-order valence-corrected chi connectivity index (χ3v) is 4.40. The van der Waals surface area contributed by atoms with Gasteiger partial charge in [-0.3, -0.25) is 9.59 Å². The summed E-state index contributed by atoms with van der Waals surface area (Å²) in [6.07, 6.45) is 0.00441. The van der Waals surface area contributed by atoms with Gasteiger partial charge in [0.2, 0.25) is 11.8 Å². The molecule has 0 aromatic heterocycles.